The van der Waals surface area contributed by atoms with Gasteiger partial charge in [-0.1, -0.05) is 0 Å². The van der Waals surface area contributed by atoms with Crippen molar-refractivity contribution in [3.8, 4) is 5.75 Å². The van der Waals surface area contributed by atoms with Gasteiger partial charge in [-0.15, -0.1) is 0 Å². The van der Waals surface area contributed by atoms with Crippen molar-refractivity contribution in [3.63, 3.8) is 0 Å². The number of nitrogens with one attached hydrogen (secondary N) is 1. The molecule has 0 aromatic carbocycles. The fraction of sp³-hybridized carbons (Fsp3) is 0.714. The van der Waals surface area contributed by atoms with Crippen LogP contribution in [0.5, 0.6) is 5.75 Å². The SMILES string of the molecule is COc1c(N(C)C2CCC3(CC2)OCCO3)nc[nH]c1=O. The lowest BCUT2D eigenvalue weighted by atomic mass is 9.89. The van der Waals surface area contributed by atoms with E-state index in [0.717, 1.165) is 25.7 Å². The van der Waals surface area contributed by atoms with Gasteiger partial charge in [-0.3, -0.25) is 4.79 Å². The molecule has 1 aromatic heterocycles. The molecule has 0 amide bonds. The summed E-state index contributed by atoms with van der Waals surface area (Å²) in [6.45, 7) is 1.37. The van der Waals surface area contributed by atoms with Crippen molar-refractivity contribution in [1.29, 1.82) is 0 Å². The Balaban J connectivity index is 1.73. The number of rotatable bonds is 3. The van der Waals surface area contributed by atoms with Crippen molar-refractivity contribution in [2.24, 2.45) is 0 Å². The number of H-pyrrole nitrogens is 1. The summed E-state index contributed by atoms with van der Waals surface area (Å²) in [5, 5.41) is 0. The van der Waals surface area contributed by atoms with Crippen LogP contribution in [0.1, 0.15) is 25.7 Å². The fourth-order valence-electron chi connectivity index (χ4n) is 3.20. The Hall–Kier alpha value is -1.60. The number of hydrogen-bond donors (Lipinski definition) is 1. The predicted molar refractivity (Wildman–Crippen MR) is 76.7 cm³/mol. The van der Waals surface area contributed by atoms with E-state index in [0.29, 0.717) is 25.1 Å². The maximum atomic E-state index is 11.8. The molecule has 116 valence electrons. The maximum Gasteiger partial charge on any atom is 0.295 e. The Labute approximate surface area is 123 Å². The Morgan fingerprint density at radius 2 is 2.05 bits per heavy atom. The van der Waals surface area contributed by atoms with Gasteiger partial charge in [-0.05, 0) is 12.8 Å². The van der Waals surface area contributed by atoms with Crippen LogP contribution in [0.3, 0.4) is 0 Å². The first-order valence-electron chi connectivity index (χ1n) is 7.28. The summed E-state index contributed by atoms with van der Waals surface area (Å²) < 4.78 is 16.7. The smallest absolute Gasteiger partial charge is 0.295 e. The minimum atomic E-state index is -0.372. The van der Waals surface area contributed by atoms with Crippen LogP contribution in [-0.4, -0.2) is 49.2 Å². The molecular formula is C14H21N3O4. The van der Waals surface area contributed by atoms with Gasteiger partial charge in [0, 0.05) is 25.9 Å². The summed E-state index contributed by atoms with van der Waals surface area (Å²) in [7, 11) is 3.43. The highest BCUT2D eigenvalue weighted by Gasteiger charge is 2.41. The van der Waals surface area contributed by atoms with E-state index in [4.69, 9.17) is 14.2 Å². The number of ether oxygens (including phenoxy) is 3. The minimum Gasteiger partial charge on any atom is -0.489 e. The second-order valence-corrected chi connectivity index (χ2v) is 5.54. The molecule has 2 fully saturated rings. The van der Waals surface area contributed by atoms with Crippen LogP contribution in [0, 0.1) is 0 Å². The number of hydrogen-bond acceptors (Lipinski definition) is 6. The van der Waals surface area contributed by atoms with Crippen LogP contribution in [0.15, 0.2) is 11.1 Å². The summed E-state index contributed by atoms with van der Waals surface area (Å²) in [4.78, 5) is 20.6. The van der Waals surface area contributed by atoms with E-state index in [9.17, 15) is 4.79 Å². The van der Waals surface area contributed by atoms with Crippen LogP contribution in [0.25, 0.3) is 0 Å². The third-order valence-corrected chi connectivity index (χ3v) is 4.41. The Morgan fingerprint density at radius 1 is 1.38 bits per heavy atom. The highest BCUT2D eigenvalue weighted by Crippen LogP contribution is 2.38. The summed E-state index contributed by atoms with van der Waals surface area (Å²) >= 11 is 0. The van der Waals surface area contributed by atoms with E-state index in [1.165, 1.54) is 13.4 Å². The van der Waals surface area contributed by atoms with Crippen LogP contribution in [-0.2, 0) is 9.47 Å². The van der Waals surface area contributed by atoms with Gasteiger partial charge in [0.15, 0.2) is 11.6 Å². The molecule has 7 nitrogen and oxygen atoms in total. The molecule has 1 aliphatic heterocycles. The van der Waals surface area contributed by atoms with Gasteiger partial charge in [0.05, 0.1) is 26.7 Å². The van der Waals surface area contributed by atoms with Gasteiger partial charge in [-0.2, -0.15) is 0 Å². The van der Waals surface area contributed by atoms with E-state index in [-0.39, 0.29) is 17.1 Å². The first kappa shape index (κ1) is 14.3. The largest absolute Gasteiger partial charge is 0.489 e. The standard InChI is InChI=1S/C14H21N3O4/c1-17(12-11(19-2)13(18)16-9-15-12)10-3-5-14(6-4-10)20-7-8-21-14/h9-10H,3-8H2,1-2H3,(H,15,16,18). The van der Waals surface area contributed by atoms with Crippen LogP contribution in [0.4, 0.5) is 5.82 Å². The van der Waals surface area contributed by atoms with Crippen molar-refractivity contribution in [2.75, 3.05) is 32.3 Å². The topological polar surface area (TPSA) is 76.7 Å². The van der Waals surface area contributed by atoms with E-state index in [1.54, 1.807) is 0 Å². The van der Waals surface area contributed by atoms with Gasteiger partial charge in [-0.25, -0.2) is 4.98 Å². The Bertz CT molecular complexity index is 543. The molecule has 21 heavy (non-hydrogen) atoms. The average molecular weight is 295 g/mol. The maximum absolute atomic E-state index is 11.8. The molecule has 0 atom stereocenters. The molecule has 0 unspecified atom stereocenters. The highest BCUT2D eigenvalue weighted by atomic mass is 16.7. The highest BCUT2D eigenvalue weighted by molar-refractivity contribution is 5.50. The zero-order chi connectivity index (χ0) is 14.9. The van der Waals surface area contributed by atoms with Gasteiger partial charge in [0.2, 0.25) is 5.75 Å². The fourth-order valence-corrected chi connectivity index (χ4v) is 3.20. The predicted octanol–water partition coefficient (Wildman–Crippen LogP) is 0.900. The molecule has 1 N–H and O–H groups in total. The van der Waals surface area contributed by atoms with Crippen molar-refractivity contribution < 1.29 is 14.2 Å². The lowest BCUT2D eigenvalue weighted by Gasteiger charge is -2.39. The van der Waals surface area contributed by atoms with Crippen LogP contribution in [0.2, 0.25) is 0 Å². The number of methoxy groups -OCH3 is 1. The van der Waals surface area contributed by atoms with E-state index < -0.39 is 0 Å². The first-order valence-corrected chi connectivity index (χ1v) is 7.28. The Kier molecular flexibility index (Phi) is 3.86. The zero-order valence-electron chi connectivity index (χ0n) is 12.4. The Morgan fingerprint density at radius 3 is 2.67 bits per heavy atom. The molecule has 1 saturated carbocycles. The van der Waals surface area contributed by atoms with Gasteiger partial charge < -0.3 is 24.1 Å². The summed E-state index contributed by atoms with van der Waals surface area (Å²) in [5.41, 5.74) is -0.260. The van der Waals surface area contributed by atoms with Crippen molar-refractivity contribution in [2.45, 2.75) is 37.5 Å². The van der Waals surface area contributed by atoms with Crippen molar-refractivity contribution in [3.05, 3.63) is 16.7 Å². The molecule has 0 bridgehead atoms. The third-order valence-electron chi connectivity index (χ3n) is 4.41. The van der Waals surface area contributed by atoms with Crippen LogP contribution >= 0.6 is 0 Å². The monoisotopic (exact) mass is 295 g/mol. The second kappa shape index (κ2) is 5.65. The minimum absolute atomic E-state index is 0.258. The molecule has 1 spiro atoms. The van der Waals surface area contributed by atoms with Crippen molar-refractivity contribution in [1.82, 2.24) is 9.97 Å². The summed E-state index contributed by atoms with van der Waals surface area (Å²) in [6, 6.07) is 0.298. The van der Waals surface area contributed by atoms with Gasteiger partial charge >= 0.3 is 0 Å². The van der Waals surface area contributed by atoms with Gasteiger partial charge in [0.1, 0.15) is 0 Å². The summed E-state index contributed by atoms with van der Waals surface area (Å²) in [6.07, 6.45) is 5.02. The number of anilines is 1. The number of nitrogens with zero attached hydrogens (tertiary/aromatic N) is 2. The molecule has 1 aliphatic carbocycles. The van der Waals surface area contributed by atoms with Gasteiger partial charge in [0.25, 0.3) is 5.56 Å². The number of aromatic nitrogens is 2. The number of aromatic amines is 1. The van der Waals surface area contributed by atoms with Crippen LogP contribution < -0.4 is 15.2 Å². The van der Waals surface area contributed by atoms with E-state index in [2.05, 4.69) is 9.97 Å². The molecular weight excluding hydrogens is 274 g/mol. The third kappa shape index (κ3) is 2.63. The quantitative estimate of drug-likeness (QED) is 0.893. The lowest BCUT2D eigenvalue weighted by molar-refractivity contribution is -0.178. The molecule has 1 saturated heterocycles. The lowest BCUT2D eigenvalue weighted by Crippen LogP contribution is -2.43. The molecule has 7 heteroatoms. The molecule has 0 radical (unpaired) electrons. The first-order chi connectivity index (χ1) is 10.2. The van der Waals surface area contributed by atoms with Crippen molar-refractivity contribution >= 4 is 5.82 Å². The molecule has 1 aromatic rings. The normalized spacial score (nSPS) is 21.6. The second-order valence-electron chi connectivity index (χ2n) is 5.54. The zero-order valence-corrected chi connectivity index (χ0v) is 12.4. The summed E-state index contributed by atoms with van der Waals surface area (Å²) in [5.74, 6) is 0.465. The van der Waals surface area contributed by atoms with E-state index >= 15 is 0 Å². The molecule has 2 aliphatic rings. The molecule has 3 rings (SSSR count). The molecule has 2 heterocycles. The average Bonchev–Trinajstić information content (AvgIpc) is 2.95. The van der Waals surface area contributed by atoms with E-state index in [1.807, 2.05) is 11.9 Å².